The average molecular weight is 410 g/mol. The maximum atomic E-state index is 12.8. The van der Waals surface area contributed by atoms with E-state index in [1.165, 1.54) is 22.4 Å². The lowest BCUT2D eigenvalue weighted by Crippen LogP contribution is -2.31. The normalized spacial score (nSPS) is 16.0. The molecule has 0 saturated heterocycles. The molecule has 1 amide bonds. The monoisotopic (exact) mass is 410 g/mol. The summed E-state index contributed by atoms with van der Waals surface area (Å²) in [6, 6.07) is 11.8. The summed E-state index contributed by atoms with van der Waals surface area (Å²) in [6.07, 6.45) is 2.05. The number of nitrogens with zero attached hydrogens (tertiary/aromatic N) is 2. The maximum absolute atomic E-state index is 12.8. The van der Waals surface area contributed by atoms with E-state index >= 15 is 0 Å². The number of furan rings is 1. The molecule has 0 saturated carbocycles. The van der Waals surface area contributed by atoms with Gasteiger partial charge in [0.25, 0.3) is 5.91 Å². The van der Waals surface area contributed by atoms with E-state index in [0.29, 0.717) is 17.7 Å². The molecule has 1 aromatic carbocycles. The van der Waals surface area contributed by atoms with Crippen LogP contribution in [0, 0.1) is 6.92 Å². The molecule has 3 aromatic rings. The van der Waals surface area contributed by atoms with Gasteiger partial charge in [-0.15, -0.1) is 11.3 Å². The van der Waals surface area contributed by atoms with Crippen LogP contribution < -0.4 is 0 Å². The van der Waals surface area contributed by atoms with Crippen molar-refractivity contribution >= 4 is 28.9 Å². The summed E-state index contributed by atoms with van der Waals surface area (Å²) in [4.78, 5) is 26.1. The highest BCUT2D eigenvalue weighted by Crippen LogP contribution is 2.34. The van der Waals surface area contributed by atoms with Gasteiger partial charge in [0.05, 0.1) is 16.9 Å². The number of aryl methyl sites for hydroxylation is 1. The van der Waals surface area contributed by atoms with Gasteiger partial charge in [-0.05, 0) is 42.1 Å². The Balaban J connectivity index is 1.50. The largest absolute Gasteiger partial charge is 0.507 e. The zero-order chi connectivity index (χ0) is 20.4. The first-order valence-corrected chi connectivity index (χ1v) is 9.85. The Morgan fingerprint density at radius 2 is 2.14 bits per heavy atom. The third-order valence-electron chi connectivity index (χ3n) is 4.63. The van der Waals surface area contributed by atoms with Crippen molar-refractivity contribution in [1.82, 2.24) is 5.01 Å². The Hall–Kier alpha value is -3.39. The van der Waals surface area contributed by atoms with Gasteiger partial charge >= 0.3 is 5.97 Å². The first-order chi connectivity index (χ1) is 14.0. The van der Waals surface area contributed by atoms with Crippen LogP contribution in [-0.2, 0) is 9.53 Å². The van der Waals surface area contributed by atoms with Crippen LogP contribution in [0.1, 0.15) is 39.0 Å². The number of thiophene rings is 1. The molecule has 8 heteroatoms. The molecule has 1 atom stereocenters. The van der Waals surface area contributed by atoms with Crippen LogP contribution in [0.3, 0.4) is 0 Å². The van der Waals surface area contributed by atoms with Crippen molar-refractivity contribution in [2.75, 3.05) is 6.61 Å². The highest BCUT2D eigenvalue weighted by Gasteiger charge is 2.35. The second-order valence-corrected chi connectivity index (χ2v) is 7.49. The summed E-state index contributed by atoms with van der Waals surface area (Å²) in [7, 11) is 0. The summed E-state index contributed by atoms with van der Waals surface area (Å²) >= 11 is 1.54. The molecule has 1 aliphatic rings. The highest BCUT2D eigenvalue weighted by molar-refractivity contribution is 7.12. The number of hydrogen-bond acceptors (Lipinski definition) is 7. The maximum Gasteiger partial charge on any atom is 0.342 e. The molecule has 7 nitrogen and oxygen atoms in total. The summed E-state index contributed by atoms with van der Waals surface area (Å²) in [5.41, 5.74) is 1.34. The number of phenolic OH excluding ortho intramolecular Hbond substituents is 1. The molecule has 0 bridgehead atoms. The molecule has 1 N–H and O–H groups in total. The predicted octanol–water partition coefficient (Wildman–Crippen LogP) is 3.89. The van der Waals surface area contributed by atoms with Gasteiger partial charge in [-0.25, -0.2) is 9.80 Å². The lowest BCUT2D eigenvalue weighted by Gasteiger charge is -2.19. The molecule has 2 aromatic heterocycles. The van der Waals surface area contributed by atoms with Crippen molar-refractivity contribution in [1.29, 1.82) is 0 Å². The molecular weight excluding hydrogens is 392 g/mol. The van der Waals surface area contributed by atoms with Gasteiger partial charge in [0.2, 0.25) is 0 Å². The quantitative estimate of drug-likeness (QED) is 0.644. The molecule has 0 fully saturated rings. The standard InChI is InChI=1S/C21H18N2O5S/c1-13-5-2-6-14(20(13)25)21(26)28-12-19(24)23-16(17-7-3-9-27-17)11-15(22-23)18-8-4-10-29-18/h2-10,16,25H,11-12H2,1H3. The average Bonchev–Trinajstić information content (AvgIpc) is 3.48. The molecule has 3 heterocycles. The molecule has 0 aliphatic carbocycles. The molecule has 1 unspecified atom stereocenters. The van der Waals surface area contributed by atoms with Gasteiger partial charge in [-0.1, -0.05) is 18.2 Å². The topological polar surface area (TPSA) is 92.3 Å². The van der Waals surface area contributed by atoms with Crippen molar-refractivity contribution in [3.8, 4) is 5.75 Å². The smallest absolute Gasteiger partial charge is 0.342 e. The van der Waals surface area contributed by atoms with Crippen molar-refractivity contribution in [3.63, 3.8) is 0 Å². The number of amides is 1. The summed E-state index contributed by atoms with van der Waals surface area (Å²) < 4.78 is 10.6. The Kier molecular flexibility index (Phi) is 5.18. The number of benzene rings is 1. The summed E-state index contributed by atoms with van der Waals surface area (Å²) in [6.45, 7) is 1.18. The number of carbonyl (C=O) groups is 2. The number of carbonyl (C=O) groups excluding carboxylic acids is 2. The van der Waals surface area contributed by atoms with E-state index in [9.17, 15) is 14.7 Å². The van der Waals surface area contributed by atoms with Crippen molar-refractivity contribution in [2.45, 2.75) is 19.4 Å². The Bertz CT molecular complexity index is 1060. The number of phenols is 1. The number of hydrazone groups is 1. The molecule has 0 spiro atoms. The van der Waals surface area contributed by atoms with Gasteiger partial charge < -0.3 is 14.3 Å². The van der Waals surface area contributed by atoms with Crippen molar-refractivity contribution < 1.29 is 23.8 Å². The van der Waals surface area contributed by atoms with E-state index < -0.39 is 24.5 Å². The van der Waals surface area contributed by atoms with E-state index in [1.807, 2.05) is 17.5 Å². The molecule has 1 aliphatic heterocycles. The Morgan fingerprint density at radius 1 is 1.28 bits per heavy atom. The number of para-hydroxylation sites is 1. The number of ether oxygens (including phenoxy) is 1. The lowest BCUT2D eigenvalue weighted by molar-refractivity contribution is -0.136. The molecule has 148 valence electrons. The molecule has 29 heavy (non-hydrogen) atoms. The minimum absolute atomic E-state index is 0.0181. The zero-order valence-corrected chi connectivity index (χ0v) is 16.4. The van der Waals surface area contributed by atoms with E-state index in [-0.39, 0.29) is 11.3 Å². The molecular formula is C21H18N2O5S. The third kappa shape index (κ3) is 3.79. The van der Waals surface area contributed by atoms with Crippen LogP contribution in [-0.4, -0.2) is 34.3 Å². The fraction of sp³-hybridized carbons (Fsp3) is 0.190. The first-order valence-electron chi connectivity index (χ1n) is 8.97. The number of hydrogen-bond donors (Lipinski definition) is 1. The van der Waals surface area contributed by atoms with Gasteiger partial charge in [0.15, 0.2) is 6.61 Å². The van der Waals surface area contributed by atoms with Crippen LogP contribution in [0.2, 0.25) is 0 Å². The van der Waals surface area contributed by atoms with Crippen LogP contribution in [0.5, 0.6) is 5.75 Å². The summed E-state index contributed by atoms with van der Waals surface area (Å²) in [5, 5.41) is 17.7. The van der Waals surface area contributed by atoms with Crippen molar-refractivity contribution in [3.05, 3.63) is 75.9 Å². The zero-order valence-electron chi connectivity index (χ0n) is 15.6. The third-order valence-corrected chi connectivity index (χ3v) is 5.55. The second-order valence-electron chi connectivity index (χ2n) is 6.54. The molecule has 0 radical (unpaired) electrons. The van der Waals surface area contributed by atoms with Crippen LogP contribution in [0.25, 0.3) is 0 Å². The Morgan fingerprint density at radius 3 is 2.86 bits per heavy atom. The number of esters is 1. The minimum atomic E-state index is -0.768. The van der Waals surface area contributed by atoms with E-state index in [0.717, 1.165) is 10.6 Å². The van der Waals surface area contributed by atoms with Crippen LogP contribution in [0.15, 0.2) is 63.6 Å². The SMILES string of the molecule is Cc1cccc(C(=O)OCC(=O)N2N=C(c3cccs3)CC2c2ccco2)c1O. The van der Waals surface area contributed by atoms with Gasteiger partial charge in [-0.2, -0.15) is 5.10 Å². The number of rotatable bonds is 5. The first kappa shape index (κ1) is 18.9. The predicted molar refractivity (Wildman–Crippen MR) is 107 cm³/mol. The fourth-order valence-electron chi connectivity index (χ4n) is 3.13. The van der Waals surface area contributed by atoms with Gasteiger partial charge in [0, 0.05) is 6.42 Å². The van der Waals surface area contributed by atoms with Crippen LogP contribution in [0.4, 0.5) is 0 Å². The minimum Gasteiger partial charge on any atom is -0.507 e. The van der Waals surface area contributed by atoms with Gasteiger partial charge in [-0.3, -0.25) is 4.79 Å². The molecule has 4 rings (SSSR count). The Labute approximate surface area is 170 Å². The van der Waals surface area contributed by atoms with E-state index in [2.05, 4.69) is 5.10 Å². The van der Waals surface area contributed by atoms with E-state index in [1.54, 1.807) is 37.5 Å². The second kappa shape index (κ2) is 7.92. The number of aromatic hydroxyl groups is 1. The van der Waals surface area contributed by atoms with E-state index in [4.69, 9.17) is 9.15 Å². The van der Waals surface area contributed by atoms with Crippen molar-refractivity contribution in [2.24, 2.45) is 5.10 Å². The lowest BCUT2D eigenvalue weighted by atomic mass is 10.1. The fourth-order valence-corrected chi connectivity index (χ4v) is 3.85. The van der Waals surface area contributed by atoms with Crippen LogP contribution >= 0.6 is 11.3 Å². The highest BCUT2D eigenvalue weighted by atomic mass is 32.1. The summed E-state index contributed by atoms with van der Waals surface area (Å²) in [5.74, 6) is -0.789. The van der Waals surface area contributed by atoms with Gasteiger partial charge in [0.1, 0.15) is 23.1 Å².